The normalized spacial score (nSPS) is 33.2. The molecular weight excluding hydrogens is 218 g/mol. The quantitative estimate of drug-likeness (QED) is 0.635. The molecule has 17 heavy (non-hydrogen) atoms. The van der Waals surface area contributed by atoms with Crippen molar-refractivity contribution in [1.82, 2.24) is 10.6 Å². The Morgan fingerprint density at radius 3 is 2.59 bits per heavy atom. The maximum Gasteiger partial charge on any atom is 0.223 e. The minimum Gasteiger partial charge on any atom is -0.354 e. The van der Waals surface area contributed by atoms with E-state index in [-0.39, 0.29) is 23.8 Å². The van der Waals surface area contributed by atoms with Gasteiger partial charge in [-0.2, -0.15) is 0 Å². The zero-order valence-electron chi connectivity index (χ0n) is 10.1. The van der Waals surface area contributed by atoms with E-state index in [0.717, 1.165) is 32.2 Å². The highest BCUT2D eigenvalue weighted by molar-refractivity contribution is 5.83. The average Bonchev–Trinajstić information content (AvgIpc) is 2.75. The molecule has 2 fully saturated rings. The minimum absolute atomic E-state index is 0.0118. The number of carbonyl (C=O) groups excluding carboxylic acids is 2. The van der Waals surface area contributed by atoms with Crippen LogP contribution in [0.1, 0.15) is 32.1 Å². The summed E-state index contributed by atoms with van der Waals surface area (Å²) in [6.45, 7) is 1.30. The van der Waals surface area contributed by atoms with Crippen LogP contribution in [0.4, 0.5) is 0 Å². The molecule has 0 bridgehead atoms. The van der Waals surface area contributed by atoms with Crippen LogP contribution in [-0.4, -0.2) is 30.9 Å². The first-order valence-corrected chi connectivity index (χ1v) is 6.46. The molecule has 0 aromatic heterocycles. The SMILES string of the molecule is NCC1CCC(C(=O)NC2CNC(=O)C2)CC1. The second kappa shape index (κ2) is 5.49. The lowest BCUT2D eigenvalue weighted by atomic mass is 9.81. The first-order valence-electron chi connectivity index (χ1n) is 6.46. The lowest BCUT2D eigenvalue weighted by Crippen LogP contribution is -2.41. The topological polar surface area (TPSA) is 84.2 Å². The van der Waals surface area contributed by atoms with E-state index in [9.17, 15) is 9.59 Å². The highest BCUT2D eigenvalue weighted by Crippen LogP contribution is 2.28. The average molecular weight is 239 g/mol. The second-order valence-electron chi connectivity index (χ2n) is 5.17. The van der Waals surface area contributed by atoms with Crippen LogP contribution in [0.3, 0.4) is 0 Å². The number of rotatable bonds is 3. The van der Waals surface area contributed by atoms with Gasteiger partial charge < -0.3 is 16.4 Å². The Hall–Kier alpha value is -1.10. The minimum atomic E-state index is -0.0118. The molecule has 1 saturated heterocycles. The molecule has 1 aliphatic heterocycles. The van der Waals surface area contributed by atoms with Gasteiger partial charge in [-0.05, 0) is 38.1 Å². The summed E-state index contributed by atoms with van der Waals surface area (Å²) in [6, 6.07) is -0.0118. The van der Waals surface area contributed by atoms with Gasteiger partial charge in [-0.15, -0.1) is 0 Å². The number of carbonyl (C=O) groups is 2. The standard InChI is InChI=1S/C12H21N3O2/c13-6-8-1-3-9(4-2-8)12(17)15-10-5-11(16)14-7-10/h8-10H,1-7,13H2,(H,14,16)(H,15,17). The molecule has 5 nitrogen and oxygen atoms in total. The molecule has 2 aliphatic rings. The van der Waals surface area contributed by atoms with Crippen molar-refractivity contribution >= 4 is 11.8 Å². The van der Waals surface area contributed by atoms with Crippen molar-refractivity contribution in [2.45, 2.75) is 38.1 Å². The molecule has 0 aromatic rings. The molecule has 0 aromatic carbocycles. The molecule has 1 unspecified atom stereocenters. The highest BCUT2D eigenvalue weighted by atomic mass is 16.2. The number of amides is 2. The first kappa shape index (κ1) is 12.4. The van der Waals surface area contributed by atoms with Crippen LogP contribution in [0.25, 0.3) is 0 Å². The zero-order chi connectivity index (χ0) is 12.3. The molecular formula is C12H21N3O2. The van der Waals surface area contributed by atoms with Gasteiger partial charge in [-0.25, -0.2) is 0 Å². The molecule has 96 valence electrons. The Balaban J connectivity index is 1.75. The number of hydrogen-bond donors (Lipinski definition) is 3. The van der Waals surface area contributed by atoms with Crippen LogP contribution in [0.15, 0.2) is 0 Å². The molecule has 1 aliphatic carbocycles. The van der Waals surface area contributed by atoms with E-state index in [4.69, 9.17) is 5.73 Å². The van der Waals surface area contributed by atoms with E-state index >= 15 is 0 Å². The summed E-state index contributed by atoms with van der Waals surface area (Å²) in [5.74, 6) is 0.853. The number of hydrogen-bond acceptors (Lipinski definition) is 3. The molecule has 1 atom stereocenters. The summed E-state index contributed by atoms with van der Waals surface area (Å²) >= 11 is 0. The first-order chi connectivity index (χ1) is 8.19. The lowest BCUT2D eigenvalue weighted by molar-refractivity contribution is -0.126. The molecule has 1 heterocycles. The largest absolute Gasteiger partial charge is 0.354 e. The van der Waals surface area contributed by atoms with Crippen molar-refractivity contribution in [2.75, 3.05) is 13.1 Å². The van der Waals surface area contributed by atoms with Gasteiger partial charge in [0.1, 0.15) is 0 Å². The molecule has 5 heteroatoms. The molecule has 4 N–H and O–H groups in total. The van der Waals surface area contributed by atoms with E-state index in [1.807, 2.05) is 0 Å². The fourth-order valence-corrected chi connectivity index (χ4v) is 2.69. The molecule has 2 rings (SSSR count). The lowest BCUT2D eigenvalue weighted by Gasteiger charge is -2.27. The Morgan fingerprint density at radius 1 is 1.35 bits per heavy atom. The van der Waals surface area contributed by atoms with E-state index in [0.29, 0.717) is 18.9 Å². The smallest absolute Gasteiger partial charge is 0.223 e. The highest BCUT2D eigenvalue weighted by Gasteiger charge is 2.29. The Kier molecular flexibility index (Phi) is 3.99. The van der Waals surface area contributed by atoms with Gasteiger partial charge in [-0.3, -0.25) is 9.59 Å². The summed E-state index contributed by atoms with van der Waals surface area (Å²) in [5.41, 5.74) is 5.63. The second-order valence-corrected chi connectivity index (χ2v) is 5.17. The summed E-state index contributed by atoms with van der Waals surface area (Å²) in [5, 5.41) is 5.68. The van der Waals surface area contributed by atoms with Crippen LogP contribution >= 0.6 is 0 Å². The van der Waals surface area contributed by atoms with E-state index in [1.165, 1.54) is 0 Å². The van der Waals surface area contributed by atoms with Crippen molar-refractivity contribution < 1.29 is 9.59 Å². The predicted octanol–water partition coefficient (Wildman–Crippen LogP) is -0.244. The van der Waals surface area contributed by atoms with Crippen molar-refractivity contribution in [2.24, 2.45) is 17.6 Å². The third kappa shape index (κ3) is 3.19. The summed E-state index contributed by atoms with van der Waals surface area (Å²) in [4.78, 5) is 23.0. The third-order valence-electron chi connectivity index (χ3n) is 3.87. The molecule has 0 spiro atoms. The van der Waals surface area contributed by atoms with Gasteiger partial charge in [0.25, 0.3) is 0 Å². The van der Waals surface area contributed by atoms with Crippen molar-refractivity contribution in [3.05, 3.63) is 0 Å². The van der Waals surface area contributed by atoms with E-state index < -0.39 is 0 Å². The molecule has 1 saturated carbocycles. The summed E-state index contributed by atoms with van der Waals surface area (Å²) in [7, 11) is 0. The van der Waals surface area contributed by atoms with Gasteiger partial charge in [-0.1, -0.05) is 0 Å². The van der Waals surface area contributed by atoms with Crippen molar-refractivity contribution in [1.29, 1.82) is 0 Å². The van der Waals surface area contributed by atoms with Crippen LogP contribution in [0.5, 0.6) is 0 Å². The van der Waals surface area contributed by atoms with Crippen LogP contribution in [-0.2, 0) is 9.59 Å². The van der Waals surface area contributed by atoms with Crippen LogP contribution in [0, 0.1) is 11.8 Å². The van der Waals surface area contributed by atoms with Gasteiger partial charge in [0.05, 0.1) is 6.04 Å². The van der Waals surface area contributed by atoms with Crippen molar-refractivity contribution in [3.63, 3.8) is 0 Å². The Labute approximate surface area is 102 Å². The maximum atomic E-state index is 12.0. The third-order valence-corrected chi connectivity index (χ3v) is 3.87. The van der Waals surface area contributed by atoms with E-state index in [2.05, 4.69) is 10.6 Å². The fraction of sp³-hybridized carbons (Fsp3) is 0.833. The van der Waals surface area contributed by atoms with Crippen LogP contribution in [0.2, 0.25) is 0 Å². The Morgan fingerprint density at radius 2 is 2.06 bits per heavy atom. The van der Waals surface area contributed by atoms with E-state index in [1.54, 1.807) is 0 Å². The van der Waals surface area contributed by atoms with Crippen molar-refractivity contribution in [3.8, 4) is 0 Å². The summed E-state index contributed by atoms with van der Waals surface area (Å²) < 4.78 is 0. The number of nitrogens with one attached hydrogen (secondary N) is 2. The zero-order valence-corrected chi connectivity index (χ0v) is 10.1. The Bertz CT molecular complexity index is 298. The van der Waals surface area contributed by atoms with Crippen LogP contribution < -0.4 is 16.4 Å². The molecule has 0 radical (unpaired) electrons. The number of nitrogens with two attached hydrogens (primary N) is 1. The fourth-order valence-electron chi connectivity index (χ4n) is 2.69. The molecule has 2 amide bonds. The van der Waals surface area contributed by atoms with Gasteiger partial charge in [0, 0.05) is 18.9 Å². The predicted molar refractivity (Wildman–Crippen MR) is 64.1 cm³/mol. The monoisotopic (exact) mass is 239 g/mol. The van der Waals surface area contributed by atoms with Gasteiger partial charge in [0.2, 0.25) is 11.8 Å². The van der Waals surface area contributed by atoms with Gasteiger partial charge >= 0.3 is 0 Å². The maximum absolute atomic E-state index is 12.0. The summed E-state index contributed by atoms with van der Waals surface area (Å²) in [6.07, 6.45) is 4.39. The van der Waals surface area contributed by atoms with Gasteiger partial charge in [0.15, 0.2) is 0 Å².